The van der Waals surface area contributed by atoms with Crippen LogP contribution < -0.4 is 10.6 Å². The van der Waals surface area contributed by atoms with Gasteiger partial charge in [-0.1, -0.05) is 30.3 Å². The molecule has 0 amide bonds. The molecule has 0 atom stereocenters. The molecular weight excluding hydrogens is 324 g/mol. The van der Waals surface area contributed by atoms with E-state index in [2.05, 4.69) is 44.9 Å². The van der Waals surface area contributed by atoms with Crippen LogP contribution in [0.1, 0.15) is 29.3 Å². The van der Waals surface area contributed by atoms with Gasteiger partial charge >= 0.3 is 0 Å². The predicted octanol–water partition coefficient (Wildman–Crippen LogP) is 4.47. The van der Waals surface area contributed by atoms with Gasteiger partial charge in [-0.05, 0) is 55.7 Å². The van der Waals surface area contributed by atoms with Gasteiger partial charge in [0.15, 0.2) is 5.78 Å². The first-order valence-electron chi connectivity index (χ1n) is 8.69. The number of aryl methyl sites for hydroxylation is 1. The molecule has 1 aromatic heterocycles. The maximum atomic E-state index is 11.3. The third-order valence-corrected chi connectivity index (χ3v) is 3.99. The molecule has 0 bridgehead atoms. The Morgan fingerprint density at radius 2 is 1.77 bits per heavy atom. The lowest BCUT2D eigenvalue weighted by Crippen LogP contribution is -2.06. The molecule has 132 valence electrons. The highest BCUT2D eigenvalue weighted by atomic mass is 16.1. The molecule has 0 aliphatic carbocycles. The molecule has 5 nitrogen and oxygen atoms in total. The summed E-state index contributed by atoms with van der Waals surface area (Å²) in [6.45, 7) is 2.40. The second-order valence-corrected chi connectivity index (χ2v) is 6.04. The quantitative estimate of drug-likeness (QED) is 0.465. The first-order valence-corrected chi connectivity index (χ1v) is 8.69. The number of nitrogens with one attached hydrogen (secondary N) is 2. The summed E-state index contributed by atoms with van der Waals surface area (Å²) in [5.74, 6) is 1.36. The zero-order chi connectivity index (χ0) is 18.2. The Hall–Kier alpha value is -3.21. The Labute approximate surface area is 153 Å². The highest BCUT2D eigenvalue weighted by Crippen LogP contribution is 2.15. The van der Waals surface area contributed by atoms with E-state index in [9.17, 15) is 4.79 Å². The molecule has 0 saturated carbocycles. The van der Waals surface area contributed by atoms with Crippen LogP contribution >= 0.6 is 0 Å². The van der Waals surface area contributed by atoms with Crippen molar-refractivity contribution in [1.82, 2.24) is 9.97 Å². The number of carbonyl (C=O) groups excluding carboxylic acids is 1. The lowest BCUT2D eigenvalue weighted by Gasteiger charge is -2.09. The van der Waals surface area contributed by atoms with Gasteiger partial charge in [-0.15, -0.1) is 0 Å². The van der Waals surface area contributed by atoms with E-state index in [1.165, 1.54) is 5.56 Å². The minimum absolute atomic E-state index is 0.0505. The van der Waals surface area contributed by atoms with Crippen LogP contribution in [-0.4, -0.2) is 22.3 Å². The molecular formula is C21H22N4O. The van der Waals surface area contributed by atoms with E-state index >= 15 is 0 Å². The van der Waals surface area contributed by atoms with E-state index in [1.807, 2.05) is 24.3 Å². The van der Waals surface area contributed by atoms with Gasteiger partial charge < -0.3 is 10.6 Å². The number of Topliss-reactive ketones (excluding diaryl/α,β-unsaturated/α-hetero) is 1. The fourth-order valence-electron chi connectivity index (χ4n) is 2.59. The van der Waals surface area contributed by atoms with Crippen LogP contribution in [0.25, 0.3) is 0 Å². The molecule has 2 N–H and O–H groups in total. The Morgan fingerprint density at radius 1 is 1.00 bits per heavy atom. The summed E-state index contributed by atoms with van der Waals surface area (Å²) >= 11 is 0. The topological polar surface area (TPSA) is 66.9 Å². The number of carbonyl (C=O) groups is 1. The maximum Gasteiger partial charge on any atom is 0.229 e. The van der Waals surface area contributed by atoms with Gasteiger partial charge in [0.1, 0.15) is 5.82 Å². The first kappa shape index (κ1) is 17.6. The van der Waals surface area contributed by atoms with Crippen LogP contribution in [0.4, 0.5) is 17.5 Å². The van der Waals surface area contributed by atoms with Crippen LogP contribution in [0.5, 0.6) is 0 Å². The largest absolute Gasteiger partial charge is 0.370 e. The zero-order valence-electron chi connectivity index (χ0n) is 14.8. The number of hydrogen-bond acceptors (Lipinski definition) is 5. The number of ketones is 1. The van der Waals surface area contributed by atoms with Gasteiger partial charge in [-0.2, -0.15) is 4.98 Å². The Balaban J connectivity index is 1.52. The van der Waals surface area contributed by atoms with Crippen LogP contribution in [0.3, 0.4) is 0 Å². The predicted molar refractivity (Wildman–Crippen MR) is 105 cm³/mol. The minimum Gasteiger partial charge on any atom is -0.370 e. The normalized spacial score (nSPS) is 10.3. The molecule has 3 aromatic rings. The first-order chi connectivity index (χ1) is 12.7. The van der Waals surface area contributed by atoms with Crippen molar-refractivity contribution in [3.8, 4) is 0 Å². The van der Waals surface area contributed by atoms with Crippen molar-refractivity contribution in [2.75, 3.05) is 17.2 Å². The van der Waals surface area contributed by atoms with Crippen molar-refractivity contribution >= 4 is 23.2 Å². The summed E-state index contributed by atoms with van der Waals surface area (Å²) in [4.78, 5) is 20.0. The average Bonchev–Trinajstić information content (AvgIpc) is 2.67. The molecule has 0 radical (unpaired) electrons. The monoisotopic (exact) mass is 346 g/mol. The Kier molecular flexibility index (Phi) is 5.93. The van der Waals surface area contributed by atoms with Crippen molar-refractivity contribution in [3.63, 3.8) is 0 Å². The van der Waals surface area contributed by atoms with E-state index in [-0.39, 0.29) is 5.78 Å². The Bertz CT molecular complexity index is 847. The highest BCUT2D eigenvalue weighted by molar-refractivity contribution is 5.94. The zero-order valence-corrected chi connectivity index (χ0v) is 14.8. The molecule has 0 unspecified atom stereocenters. The molecule has 2 aromatic carbocycles. The maximum absolute atomic E-state index is 11.3. The van der Waals surface area contributed by atoms with E-state index in [0.29, 0.717) is 11.5 Å². The third-order valence-electron chi connectivity index (χ3n) is 3.99. The standard InChI is InChI=1S/C21H22N4O/c1-16(26)18-9-11-19(12-10-18)24-21-23-15-13-20(25-21)22-14-5-8-17-6-3-2-4-7-17/h2-4,6-7,9-13,15H,5,8,14H2,1H3,(H2,22,23,24,25). The molecule has 3 rings (SSSR count). The Morgan fingerprint density at radius 3 is 2.50 bits per heavy atom. The van der Waals surface area contributed by atoms with Crippen LogP contribution in [0, 0.1) is 0 Å². The average molecular weight is 346 g/mol. The second-order valence-electron chi connectivity index (χ2n) is 6.04. The molecule has 5 heteroatoms. The van der Waals surface area contributed by atoms with Crippen LogP contribution in [0.2, 0.25) is 0 Å². The lowest BCUT2D eigenvalue weighted by molar-refractivity contribution is 0.101. The van der Waals surface area contributed by atoms with Crippen LogP contribution in [-0.2, 0) is 6.42 Å². The summed E-state index contributed by atoms with van der Waals surface area (Å²) in [6.07, 6.45) is 3.79. The van der Waals surface area contributed by atoms with E-state index < -0.39 is 0 Å². The van der Waals surface area contributed by atoms with Gasteiger partial charge in [0.25, 0.3) is 0 Å². The molecule has 0 fully saturated rings. The molecule has 0 saturated heterocycles. The van der Waals surface area contributed by atoms with Crippen LogP contribution in [0.15, 0.2) is 66.9 Å². The van der Waals surface area contributed by atoms with Gasteiger partial charge in [0.2, 0.25) is 5.95 Å². The fraction of sp³-hybridized carbons (Fsp3) is 0.190. The summed E-state index contributed by atoms with van der Waals surface area (Å²) in [7, 11) is 0. The summed E-state index contributed by atoms with van der Waals surface area (Å²) in [6, 6.07) is 19.6. The van der Waals surface area contributed by atoms with E-state index in [0.717, 1.165) is 30.9 Å². The van der Waals surface area contributed by atoms with E-state index in [1.54, 1.807) is 25.3 Å². The van der Waals surface area contributed by atoms with Crippen molar-refractivity contribution in [2.24, 2.45) is 0 Å². The van der Waals surface area contributed by atoms with Gasteiger partial charge in [0, 0.05) is 24.0 Å². The van der Waals surface area contributed by atoms with Gasteiger partial charge in [0.05, 0.1) is 0 Å². The number of nitrogens with zero attached hydrogens (tertiary/aromatic N) is 2. The second kappa shape index (κ2) is 8.76. The van der Waals surface area contributed by atoms with Crippen molar-refractivity contribution in [2.45, 2.75) is 19.8 Å². The van der Waals surface area contributed by atoms with Gasteiger partial charge in [-0.3, -0.25) is 4.79 Å². The number of rotatable bonds is 8. The molecule has 26 heavy (non-hydrogen) atoms. The number of benzene rings is 2. The number of hydrogen-bond donors (Lipinski definition) is 2. The number of aromatic nitrogens is 2. The van der Waals surface area contributed by atoms with Crippen molar-refractivity contribution < 1.29 is 4.79 Å². The minimum atomic E-state index is 0.0505. The molecule has 1 heterocycles. The highest BCUT2D eigenvalue weighted by Gasteiger charge is 2.02. The lowest BCUT2D eigenvalue weighted by atomic mass is 10.1. The molecule has 0 aliphatic heterocycles. The third kappa shape index (κ3) is 5.14. The number of anilines is 3. The summed E-state index contributed by atoms with van der Waals surface area (Å²) < 4.78 is 0. The summed E-state index contributed by atoms with van der Waals surface area (Å²) in [5.41, 5.74) is 2.87. The fourth-order valence-corrected chi connectivity index (χ4v) is 2.59. The van der Waals surface area contributed by atoms with Crippen molar-refractivity contribution in [3.05, 3.63) is 78.0 Å². The van der Waals surface area contributed by atoms with Gasteiger partial charge in [-0.25, -0.2) is 4.98 Å². The van der Waals surface area contributed by atoms with E-state index in [4.69, 9.17) is 0 Å². The summed E-state index contributed by atoms with van der Waals surface area (Å²) in [5, 5.41) is 6.48. The van der Waals surface area contributed by atoms with Crippen molar-refractivity contribution in [1.29, 1.82) is 0 Å². The smallest absolute Gasteiger partial charge is 0.229 e. The molecule has 0 spiro atoms. The SMILES string of the molecule is CC(=O)c1ccc(Nc2nccc(NCCCc3ccccc3)n2)cc1. The molecule has 0 aliphatic rings.